The lowest BCUT2D eigenvalue weighted by Gasteiger charge is -2.43. The predicted octanol–water partition coefficient (Wildman–Crippen LogP) is 3.13. The lowest BCUT2D eigenvalue weighted by Crippen LogP contribution is -2.56. The zero-order valence-corrected chi connectivity index (χ0v) is 12.5. The van der Waals surface area contributed by atoms with Gasteiger partial charge in [-0.2, -0.15) is 0 Å². The molecular formula is C15H31NO2. The van der Waals surface area contributed by atoms with Gasteiger partial charge in [0.2, 0.25) is 0 Å². The van der Waals surface area contributed by atoms with Gasteiger partial charge in [0.1, 0.15) is 0 Å². The van der Waals surface area contributed by atoms with Crippen molar-refractivity contribution >= 4 is 0 Å². The summed E-state index contributed by atoms with van der Waals surface area (Å²) in [5.41, 5.74) is 0.0107. The van der Waals surface area contributed by atoms with Gasteiger partial charge in [0.25, 0.3) is 0 Å². The van der Waals surface area contributed by atoms with Crippen molar-refractivity contribution in [3.05, 3.63) is 0 Å². The largest absolute Gasteiger partial charge is 0.380 e. The number of hydrogen-bond acceptors (Lipinski definition) is 3. The summed E-state index contributed by atoms with van der Waals surface area (Å²) < 4.78 is 12.0. The Hall–Kier alpha value is -0.120. The van der Waals surface area contributed by atoms with E-state index in [9.17, 15) is 0 Å². The topological polar surface area (TPSA) is 30.5 Å². The van der Waals surface area contributed by atoms with Crippen LogP contribution in [-0.2, 0) is 9.47 Å². The van der Waals surface area contributed by atoms with E-state index in [0.717, 1.165) is 32.8 Å². The summed E-state index contributed by atoms with van der Waals surface area (Å²) in [4.78, 5) is 0. The van der Waals surface area contributed by atoms with Crippen molar-refractivity contribution in [3.63, 3.8) is 0 Å². The molecule has 1 saturated carbocycles. The molecule has 3 heteroatoms. The van der Waals surface area contributed by atoms with E-state index in [-0.39, 0.29) is 5.60 Å². The smallest absolute Gasteiger partial charge is 0.0857 e. The molecule has 0 saturated heterocycles. The molecule has 0 heterocycles. The van der Waals surface area contributed by atoms with Crippen molar-refractivity contribution in [1.82, 2.24) is 5.32 Å². The second kappa shape index (κ2) is 8.89. The Morgan fingerprint density at radius 1 is 1.11 bits per heavy atom. The zero-order chi connectivity index (χ0) is 13.3. The fourth-order valence-corrected chi connectivity index (χ4v) is 3.02. The number of nitrogens with one attached hydrogen (secondary N) is 1. The standard InChI is InChI=1S/C15H31NO2/c1-4-12-17-13-14(16-5-2)15(18-6-3)10-8-7-9-11-15/h14,16H,4-13H2,1-3H3. The number of likely N-dealkylation sites (N-methyl/N-ethyl adjacent to an activating group) is 1. The molecule has 0 aromatic carbocycles. The Bertz CT molecular complexity index is 197. The first-order chi connectivity index (χ1) is 8.79. The summed E-state index contributed by atoms with van der Waals surface area (Å²) in [5, 5.41) is 3.59. The molecule has 18 heavy (non-hydrogen) atoms. The van der Waals surface area contributed by atoms with Crippen LogP contribution in [0.3, 0.4) is 0 Å². The van der Waals surface area contributed by atoms with Crippen molar-refractivity contribution in [1.29, 1.82) is 0 Å². The van der Waals surface area contributed by atoms with Crippen LogP contribution in [-0.4, -0.2) is 38.0 Å². The quantitative estimate of drug-likeness (QED) is 0.644. The average Bonchev–Trinajstić information content (AvgIpc) is 2.39. The molecule has 1 aliphatic rings. The second-order valence-corrected chi connectivity index (χ2v) is 5.24. The Balaban J connectivity index is 2.62. The third-order valence-electron chi connectivity index (χ3n) is 3.85. The van der Waals surface area contributed by atoms with Crippen LogP contribution < -0.4 is 5.32 Å². The SMILES string of the molecule is CCCOCC(NCC)C1(OCC)CCCCC1. The number of rotatable bonds is 9. The number of ether oxygens (including phenoxy) is 2. The van der Waals surface area contributed by atoms with Gasteiger partial charge in [-0.1, -0.05) is 33.1 Å². The minimum atomic E-state index is 0.0107. The van der Waals surface area contributed by atoms with Gasteiger partial charge in [-0.05, 0) is 32.7 Å². The van der Waals surface area contributed by atoms with E-state index in [1.54, 1.807) is 0 Å². The van der Waals surface area contributed by atoms with Gasteiger partial charge >= 0.3 is 0 Å². The molecule has 1 fully saturated rings. The summed E-state index contributed by atoms with van der Waals surface area (Å²) in [6.07, 6.45) is 7.36. The summed E-state index contributed by atoms with van der Waals surface area (Å²) >= 11 is 0. The van der Waals surface area contributed by atoms with E-state index in [2.05, 4.69) is 26.1 Å². The first-order valence-electron chi connectivity index (χ1n) is 7.74. The molecule has 0 spiro atoms. The molecule has 1 unspecified atom stereocenters. The molecule has 1 atom stereocenters. The van der Waals surface area contributed by atoms with Crippen molar-refractivity contribution in [3.8, 4) is 0 Å². The molecule has 0 aliphatic heterocycles. The van der Waals surface area contributed by atoms with Crippen LogP contribution in [0.4, 0.5) is 0 Å². The summed E-state index contributed by atoms with van der Waals surface area (Å²) in [6.45, 7) is 9.83. The fourth-order valence-electron chi connectivity index (χ4n) is 3.02. The maximum Gasteiger partial charge on any atom is 0.0857 e. The van der Waals surface area contributed by atoms with Crippen LogP contribution in [0.2, 0.25) is 0 Å². The molecule has 0 aromatic rings. The van der Waals surface area contributed by atoms with Gasteiger partial charge in [0.05, 0.1) is 18.2 Å². The van der Waals surface area contributed by atoms with E-state index in [1.165, 1.54) is 32.1 Å². The van der Waals surface area contributed by atoms with E-state index >= 15 is 0 Å². The minimum Gasteiger partial charge on any atom is -0.380 e. The molecule has 0 radical (unpaired) electrons. The lowest BCUT2D eigenvalue weighted by molar-refractivity contribution is -0.105. The molecule has 1 aliphatic carbocycles. The third kappa shape index (κ3) is 4.52. The maximum atomic E-state index is 6.17. The van der Waals surface area contributed by atoms with E-state index in [1.807, 2.05) is 0 Å². The van der Waals surface area contributed by atoms with Gasteiger partial charge < -0.3 is 14.8 Å². The first kappa shape index (κ1) is 15.9. The van der Waals surface area contributed by atoms with Crippen LogP contribution >= 0.6 is 0 Å². The summed E-state index contributed by atoms with van der Waals surface area (Å²) in [7, 11) is 0. The highest BCUT2D eigenvalue weighted by atomic mass is 16.5. The molecule has 108 valence electrons. The third-order valence-corrected chi connectivity index (χ3v) is 3.85. The van der Waals surface area contributed by atoms with Gasteiger partial charge in [-0.3, -0.25) is 0 Å². The van der Waals surface area contributed by atoms with Gasteiger partial charge in [0.15, 0.2) is 0 Å². The van der Waals surface area contributed by atoms with Crippen molar-refractivity contribution in [2.24, 2.45) is 0 Å². The summed E-state index contributed by atoms with van der Waals surface area (Å²) in [5.74, 6) is 0. The van der Waals surface area contributed by atoms with Crippen LogP contribution in [0, 0.1) is 0 Å². The molecule has 0 bridgehead atoms. The monoisotopic (exact) mass is 257 g/mol. The highest BCUT2D eigenvalue weighted by Crippen LogP contribution is 2.34. The first-order valence-corrected chi connectivity index (χ1v) is 7.74. The average molecular weight is 257 g/mol. The minimum absolute atomic E-state index is 0.0107. The zero-order valence-electron chi connectivity index (χ0n) is 12.5. The fraction of sp³-hybridized carbons (Fsp3) is 1.00. The van der Waals surface area contributed by atoms with E-state index < -0.39 is 0 Å². The van der Waals surface area contributed by atoms with Crippen LogP contribution in [0.25, 0.3) is 0 Å². The second-order valence-electron chi connectivity index (χ2n) is 5.24. The van der Waals surface area contributed by atoms with Crippen molar-refractivity contribution < 1.29 is 9.47 Å². The van der Waals surface area contributed by atoms with Crippen LogP contribution in [0.5, 0.6) is 0 Å². The normalized spacial score (nSPS) is 20.8. The Morgan fingerprint density at radius 2 is 1.83 bits per heavy atom. The molecule has 1 rings (SSSR count). The highest BCUT2D eigenvalue weighted by molar-refractivity contribution is 4.95. The van der Waals surface area contributed by atoms with E-state index in [4.69, 9.17) is 9.47 Å². The maximum absolute atomic E-state index is 6.17. The lowest BCUT2D eigenvalue weighted by atomic mass is 9.79. The molecular weight excluding hydrogens is 226 g/mol. The summed E-state index contributed by atoms with van der Waals surface area (Å²) in [6, 6.07) is 0.342. The molecule has 1 N–H and O–H groups in total. The van der Waals surface area contributed by atoms with Gasteiger partial charge in [-0.25, -0.2) is 0 Å². The van der Waals surface area contributed by atoms with Gasteiger partial charge in [0, 0.05) is 13.2 Å². The Labute approximate surface area is 113 Å². The van der Waals surface area contributed by atoms with Crippen LogP contribution in [0.1, 0.15) is 59.3 Å². The molecule has 0 aromatic heterocycles. The Morgan fingerprint density at radius 3 is 2.39 bits per heavy atom. The van der Waals surface area contributed by atoms with Gasteiger partial charge in [-0.15, -0.1) is 0 Å². The van der Waals surface area contributed by atoms with Crippen molar-refractivity contribution in [2.75, 3.05) is 26.4 Å². The molecule has 0 amide bonds. The highest BCUT2D eigenvalue weighted by Gasteiger charge is 2.40. The molecule has 3 nitrogen and oxygen atoms in total. The van der Waals surface area contributed by atoms with Crippen molar-refractivity contribution in [2.45, 2.75) is 70.9 Å². The predicted molar refractivity (Wildman–Crippen MR) is 76.0 cm³/mol. The number of hydrogen-bond donors (Lipinski definition) is 1. The Kier molecular flexibility index (Phi) is 7.87. The van der Waals surface area contributed by atoms with Crippen LogP contribution in [0.15, 0.2) is 0 Å². The van der Waals surface area contributed by atoms with E-state index in [0.29, 0.717) is 6.04 Å².